The fourth-order valence-electron chi connectivity index (χ4n) is 3.93. The van der Waals surface area contributed by atoms with Crippen LogP contribution in [0.1, 0.15) is 36.2 Å². The Morgan fingerprint density at radius 2 is 2.23 bits per heavy atom. The molecule has 0 radical (unpaired) electrons. The lowest BCUT2D eigenvalue weighted by atomic mass is 10.1. The number of aryl methyl sites for hydroxylation is 1. The summed E-state index contributed by atoms with van der Waals surface area (Å²) in [6, 6.07) is 7.63. The Morgan fingerprint density at radius 1 is 1.35 bits per heavy atom. The molecule has 0 aliphatic carbocycles. The standard InChI is InChI=1S/C22H22N4O4S/c1-12-9-24-22-26(21(12)28)17(11-31-22)8-20(27)23-10-16-7-19(30-25-16)15-4-3-14-5-13(2)29-18(14)6-15/h3-4,6-7,9,13,17H,5,8,10-11H2,1-2H3,(H,23,27)/t13-,17-/m1/s1. The maximum Gasteiger partial charge on any atom is 0.257 e. The van der Waals surface area contributed by atoms with E-state index in [4.69, 9.17) is 9.26 Å². The predicted molar refractivity (Wildman–Crippen MR) is 115 cm³/mol. The smallest absolute Gasteiger partial charge is 0.257 e. The van der Waals surface area contributed by atoms with E-state index in [2.05, 4.69) is 15.5 Å². The minimum Gasteiger partial charge on any atom is -0.490 e. The number of hydrogen-bond acceptors (Lipinski definition) is 7. The van der Waals surface area contributed by atoms with Crippen LogP contribution < -0.4 is 15.6 Å². The second-order valence-electron chi connectivity index (χ2n) is 7.98. The van der Waals surface area contributed by atoms with Gasteiger partial charge in [0.1, 0.15) is 17.5 Å². The van der Waals surface area contributed by atoms with Crippen LogP contribution in [0, 0.1) is 6.92 Å². The number of carbonyl (C=O) groups excluding carboxylic acids is 1. The van der Waals surface area contributed by atoms with Gasteiger partial charge in [0.2, 0.25) is 5.91 Å². The van der Waals surface area contributed by atoms with Crippen molar-refractivity contribution in [3.8, 4) is 17.1 Å². The van der Waals surface area contributed by atoms with Crippen molar-refractivity contribution in [1.29, 1.82) is 0 Å². The number of hydrogen-bond donors (Lipinski definition) is 1. The van der Waals surface area contributed by atoms with Crippen LogP contribution >= 0.6 is 11.8 Å². The first kappa shape index (κ1) is 19.9. The molecule has 1 aromatic carbocycles. The van der Waals surface area contributed by atoms with E-state index in [0.29, 0.717) is 27.9 Å². The van der Waals surface area contributed by atoms with Gasteiger partial charge in [0.15, 0.2) is 10.9 Å². The molecule has 1 amide bonds. The molecule has 9 heteroatoms. The van der Waals surface area contributed by atoms with Gasteiger partial charge >= 0.3 is 0 Å². The largest absolute Gasteiger partial charge is 0.490 e. The highest BCUT2D eigenvalue weighted by Crippen LogP contribution is 2.34. The van der Waals surface area contributed by atoms with Crippen LogP contribution in [0.25, 0.3) is 11.3 Å². The molecule has 0 saturated heterocycles. The molecule has 0 spiro atoms. The quantitative estimate of drug-likeness (QED) is 0.612. The molecular weight excluding hydrogens is 416 g/mol. The molecule has 2 aromatic heterocycles. The Kier molecular flexibility index (Phi) is 5.05. The zero-order valence-electron chi connectivity index (χ0n) is 17.3. The van der Waals surface area contributed by atoms with E-state index in [1.807, 2.05) is 31.2 Å². The fraction of sp³-hybridized carbons (Fsp3) is 0.364. The van der Waals surface area contributed by atoms with E-state index in [1.54, 1.807) is 17.7 Å². The van der Waals surface area contributed by atoms with Gasteiger partial charge in [0.25, 0.3) is 5.56 Å². The minimum absolute atomic E-state index is 0.0818. The van der Waals surface area contributed by atoms with Crippen molar-refractivity contribution >= 4 is 17.7 Å². The molecule has 160 valence electrons. The first-order valence-corrected chi connectivity index (χ1v) is 11.2. The number of thioether (sulfide) groups is 1. The van der Waals surface area contributed by atoms with Gasteiger partial charge in [-0.3, -0.25) is 14.2 Å². The molecule has 2 atom stereocenters. The Morgan fingerprint density at radius 3 is 3.10 bits per heavy atom. The van der Waals surface area contributed by atoms with Gasteiger partial charge < -0.3 is 14.6 Å². The molecule has 2 aliphatic heterocycles. The maximum atomic E-state index is 12.5. The van der Waals surface area contributed by atoms with E-state index < -0.39 is 0 Å². The third kappa shape index (κ3) is 3.85. The average Bonchev–Trinajstić information content (AvgIpc) is 3.46. The van der Waals surface area contributed by atoms with Crippen molar-refractivity contribution in [1.82, 2.24) is 20.0 Å². The lowest BCUT2D eigenvalue weighted by Crippen LogP contribution is -2.31. The zero-order chi connectivity index (χ0) is 21.5. The summed E-state index contributed by atoms with van der Waals surface area (Å²) in [7, 11) is 0. The molecule has 31 heavy (non-hydrogen) atoms. The molecular formula is C22H22N4O4S. The monoisotopic (exact) mass is 438 g/mol. The molecule has 0 bridgehead atoms. The second-order valence-corrected chi connectivity index (χ2v) is 8.97. The van der Waals surface area contributed by atoms with Crippen molar-refractivity contribution in [3.63, 3.8) is 0 Å². The van der Waals surface area contributed by atoms with Crippen LogP contribution in [0.2, 0.25) is 0 Å². The summed E-state index contributed by atoms with van der Waals surface area (Å²) in [5.41, 5.74) is 3.22. The lowest BCUT2D eigenvalue weighted by Gasteiger charge is -2.13. The van der Waals surface area contributed by atoms with Crippen molar-refractivity contribution < 1.29 is 14.1 Å². The first-order valence-electron chi connectivity index (χ1n) is 10.2. The topological polar surface area (TPSA) is 99.2 Å². The van der Waals surface area contributed by atoms with Crippen LogP contribution in [0.5, 0.6) is 5.75 Å². The average molecular weight is 439 g/mol. The summed E-state index contributed by atoms with van der Waals surface area (Å²) in [6.45, 7) is 4.04. The van der Waals surface area contributed by atoms with Crippen LogP contribution in [-0.4, -0.2) is 32.5 Å². The summed E-state index contributed by atoms with van der Waals surface area (Å²) in [4.78, 5) is 29.2. The van der Waals surface area contributed by atoms with Gasteiger partial charge in [-0.15, -0.1) is 0 Å². The number of amides is 1. The maximum absolute atomic E-state index is 12.5. The molecule has 5 rings (SSSR count). The fourth-order valence-corrected chi connectivity index (χ4v) is 5.04. The van der Waals surface area contributed by atoms with Gasteiger partial charge in [0, 0.05) is 42.0 Å². The number of aromatic nitrogens is 3. The number of rotatable bonds is 5. The number of carbonyl (C=O) groups is 1. The Balaban J connectivity index is 1.21. The first-order chi connectivity index (χ1) is 15.0. The molecule has 0 saturated carbocycles. The summed E-state index contributed by atoms with van der Waals surface area (Å²) >= 11 is 1.50. The van der Waals surface area contributed by atoms with Crippen molar-refractivity contribution in [2.75, 3.05) is 5.75 Å². The SMILES string of the molecule is Cc1cnc2n(c1=O)[C@H](CC(=O)NCc1cc(-c3ccc4c(c3)O[C@H](C)C4)on1)CS2. The van der Waals surface area contributed by atoms with Gasteiger partial charge in [-0.25, -0.2) is 4.98 Å². The van der Waals surface area contributed by atoms with Gasteiger partial charge in [-0.1, -0.05) is 29.1 Å². The Bertz CT molecular complexity index is 1220. The normalized spacial score (nSPS) is 19.0. The van der Waals surface area contributed by atoms with Gasteiger partial charge in [0.05, 0.1) is 12.6 Å². The van der Waals surface area contributed by atoms with E-state index in [0.717, 1.165) is 17.7 Å². The Labute approximate surface area is 183 Å². The van der Waals surface area contributed by atoms with Gasteiger partial charge in [-0.2, -0.15) is 0 Å². The van der Waals surface area contributed by atoms with Crippen LogP contribution in [-0.2, 0) is 17.8 Å². The molecule has 8 nitrogen and oxygen atoms in total. The predicted octanol–water partition coefficient (Wildman–Crippen LogP) is 2.88. The molecule has 0 fully saturated rings. The zero-order valence-corrected chi connectivity index (χ0v) is 18.1. The molecule has 3 aromatic rings. The number of ether oxygens (including phenoxy) is 1. The van der Waals surface area contributed by atoms with E-state index >= 15 is 0 Å². The number of nitrogens with one attached hydrogen (secondary N) is 1. The minimum atomic E-state index is -0.193. The third-order valence-electron chi connectivity index (χ3n) is 5.53. The highest BCUT2D eigenvalue weighted by Gasteiger charge is 2.27. The van der Waals surface area contributed by atoms with Crippen molar-refractivity contribution in [2.45, 2.75) is 50.5 Å². The molecule has 4 heterocycles. The summed E-state index contributed by atoms with van der Waals surface area (Å²) in [5.74, 6) is 2.03. The van der Waals surface area contributed by atoms with Crippen LogP contribution in [0.4, 0.5) is 0 Å². The summed E-state index contributed by atoms with van der Waals surface area (Å²) < 4.78 is 12.9. The van der Waals surface area contributed by atoms with E-state index in [-0.39, 0.29) is 36.6 Å². The van der Waals surface area contributed by atoms with Crippen LogP contribution in [0.3, 0.4) is 0 Å². The highest BCUT2D eigenvalue weighted by molar-refractivity contribution is 7.99. The summed E-state index contributed by atoms with van der Waals surface area (Å²) in [6.07, 6.45) is 2.90. The van der Waals surface area contributed by atoms with Gasteiger partial charge in [-0.05, 0) is 25.5 Å². The Hall–Kier alpha value is -3.07. The number of nitrogens with zero attached hydrogens (tertiary/aromatic N) is 3. The number of benzene rings is 1. The summed E-state index contributed by atoms with van der Waals surface area (Å²) in [5, 5.41) is 7.61. The van der Waals surface area contributed by atoms with E-state index in [9.17, 15) is 9.59 Å². The van der Waals surface area contributed by atoms with Crippen molar-refractivity contribution in [2.24, 2.45) is 0 Å². The highest BCUT2D eigenvalue weighted by atomic mass is 32.2. The third-order valence-corrected chi connectivity index (χ3v) is 6.65. The molecule has 1 N–H and O–H groups in total. The molecule has 2 aliphatic rings. The van der Waals surface area contributed by atoms with Crippen molar-refractivity contribution in [3.05, 3.63) is 57.6 Å². The lowest BCUT2D eigenvalue weighted by molar-refractivity contribution is -0.121. The second kappa shape index (κ2) is 7.88. The van der Waals surface area contributed by atoms with E-state index in [1.165, 1.54) is 17.3 Å². The molecule has 0 unspecified atom stereocenters. The number of fused-ring (bicyclic) bond motifs is 2. The van der Waals surface area contributed by atoms with Crippen LogP contribution in [0.15, 0.2) is 44.9 Å².